The number of benzene rings is 1. The molecular formula is C12H19N3O3S. The smallest absolute Gasteiger partial charge is 0.240 e. The predicted octanol–water partition coefficient (Wildman–Crippen LogP) is 0.300. The standard InChI is InChI=1S/C12H19N3O3S/c1-8-6-10(13)7-11(9(8)2)19(17,18)15-5-4-12(16)14-3/h6-7,15H,4-5,13H2,1-3H3,(H,14,16). The van der Waals surface area contributed by atoms with Crippen LogP contribution in [0.5, 0.6) is 0 Å². The molecule has 0 aliphatic heterocycles. The molecule has 19 heavy (non-hydrogen) atoms. The zero-order valence-electron chi connectivity index (χ0n) is 11.3. The van der Waals surface area contributed by atoms with E-state index in [1.54, 1.807) is 19.9 Å². The molecule has 0 spiro atoms. The Morgan fingerprint density at radius 1 is 1.32 bits per heavy atom. The third-order valence-corrected chi connectivity index (χ3v) is 4.44. The predicted molar refractivity (Wildman–Crippen MR) is 74.2 cm³/mol. The van der Waals surface area contributed by atoms with E-state index in [0.717, 1.165) is 5.56 Å². The van der Waals surface area contributed by atoms with Crippen LogP contribution in [0.4, 0.5) is 5.69 Å². The summed E-state index contributed by atoms with van der Waals surface area (Å²) in [6.45, 7) is 3.58. The molecule has 6 nitrogen and oxygen atoms in total. The van der Waals surface area contributed by atoms with E-state index in [9.17, 15) is 13.2 Å². The highest BCUT2D eigenvalue weighted by molar-refractivity contribution is 7.89. The number of nitrogens with one attached hydrogen (secondary N) is 2. The van der Waals surface area contributed by atoms with Gasteiger partial charge in [0.2, 0.25) is 15.9 Å². The molecule has 0 unspecified atom stereocenters. The number of amides is 1. The van der Waals surface area contributed by atoms with E-state index in [1.807, 2.05) is 0 Å². The van der Waals surface area contributed by atoms with Gasteiger partial charge in [-0.25, -0.2) is 13.1 Å². The lowest BCUT2D eigenvalue weighted by atomic mass is 10.1. The Bertz CT molecular complexity index is 582. The summed E-state index contributed by atoms with van der Waals surface area (Å²) in [7, 11) is -2.15. The summed E-state index contributed by atoms with van der Waals surface area (Å²) < 4.78 is 26.6. The first-order valence-corrected chi connectivity index (χ1v) is 7.33. The molecule has 4 N–H and O–H groups in total. The Morgan fingerprint density at radius 3 is 2.53 bits per heavy atom. The summed E-state index contributed by atoms with van der Waals surface area (Å²) in [5.41, 5.74) is 7.53. The summed E-state index contributed by atoms with van der Waals surface area (Å²) in [6.07, 6.45) is 0.0933. The van der Waals surface area contributed by atoms with E-state index in [0.29, 0.717) is 11.3 Å². The third-order valence-electron chi connectivity index (χ3n) is 2.85. The van der Waals surface area contributed by atoms with Crippen molar-refractivity contribution in [3.8, 4) is 0 Å². The van der Waals surface area contributed by atoms with Gasteiger partial charge in [-0.1, -0.05) is 0 Å². The Balaban J connectivity index is 2.92. The van der Waals surface area contributed by atoms with Gasteiger partial charge in [-0.15, -0.1) is 0 Å². The minimum atomic E-state index is -3.65. The number of carbonyl (C=O) groups excluding carboxylic acids is 1. The number of rotatable bonds is 5. The highest BCUT2D eigenvalue weighted by Gasteiger charge is 2.18. The molecule has 0 aliphatic carbocycles. The fraction of sp³-hybridized carbons (Fsp3) is 0.417. The van der Waals surface area contributed by atoms with Gasteiger partial charge in [-0.3, -0.25) is 4.79 Å². The molecule has 1 aromatic carbocycles. The monoisotopic (exact) mass is 285 g/mol. The minimum Gasteiger partial charge on any atom is -0.399 e. The quantitative estimate of drug-likeness (QED) is 0.677. The van der Waals surface area contributed by atoms with Gasteiger partial charge in [0.05, 0.1) is 4.90 Å². The van der Waals surface area contributed by atoms with Crippen molar-refractivity contribution in [2.75, 3.05) is 19.3 Å². The molecular weight excluding hydrogens is 266 g/mol. The van der Waals surface area contributed by atoms with E-state index in [-0.39, 0.29) is 23.8 Å². The average Bonchev–Trinajstić information content (AvgIpc) is 2.33. The van der Waals surface area contributed by atoms with Crippen molar-refractivity contribution in [1.82, 2.24) is 10.0 Å². The highest BCUT2D eigenvalue weighted by Crippen LogP contribution is 2.22. The van der Waals surface area contributed by atoms with Crippen LogP contribution in [0, 0.1) is 13.8 Å². The number of anilines is 1. The Hall–Kier alpha value is -1.60. The normalized spacial score (nSPS) is 11.3. The second-order valence-electron chi connectivity index (χ2n) is 4.28. The molecule has 1 aromatic rings. The first-order chi connectivity index (χ1) is 8.77. The molecule has 1 rings (SSSR count). The van der Waals surface area contributed by atoms with Crippen LogP contribution in [0.15, 0.2) is 17.0 Å². The van der Waals surface area contributed by atoms with Crippen LogP contribution in [0.3, 0.4) is 0 Å². The number of aryl methyl sites for hydroxylation is 1. The Morgan fingerprint density at radius 2 is 1.95 bits per heavy atom. The molecule has 0 saturated carbocycles. The van der Waals surface area contributed by atoms with Gasteiger partial charge in [0, 0.05) is 25.7 Å². The van der Waals surface area contributed by atoms with E-state index in [4.69, 9.17) is 5.73 Å². The molecule has 7 heteroatoms. The minimum absolute atomic E-state index is 0.0509. The van der Waals surface area contributed by atoms with Crippen molar-refractivity contribution in [1.29, 1.82) is 0 Å². The van der Waals surface area contributed by atoms with E-state index in [1.165, 1.54) is 13.1 Å². The average molecular weight is 285 g/mol. The zero-order valence-corrected chi connectivity index (χ0v) is 12.1. The number of nitrogens with two attached hydrogens (primary N) is 1. The third kappa shape index (κ3) is 3.93. The summed E-state index contributed by atoms with van der Waals surface area (Å²) >= 11 is 0. The largest absolute Gasteiger partial charge is 0.399 e. The summed E-state index contributed by atoms with van der Waals surface area (Å²) in [4.78, 5) is 11.2. The van der Waals surface area contributed by atoms with Crippen molar-refractivity contribution >= 4 is 21.6 Å². The van der Waals surface area contributed by atoms with E-state index in [2.05, 4.69) is 10.0 Å². The molecule has 0 saturated heterocycles. The molecule has 0 aromatic heterocycles. The van der Waals surface area contributed by atoms with Crippen molar-refractivity contribution in [2.24, 2.45) is 0 Å². The maximum atomic E-state index is 12.1. The second-order valence-corrected chi connectivity index (χ2v) is 6.02. The number of sulfonamides is 1. The summed E-state index contributed by atoms with van der Waals surface area (Å²) in [5.74, 6) is -0.219. The van der Waals surface area contributed by atoms with Gasteiger partial charge in [-0.05, 0) is 37.1 Å². The lowest BCUT2D eigenvalue weighted by Crippen LogP contribution is -2.29. The molecule has 1 amide bonds. The van der Waals surface area contributed by atoms with Gasteiger partial charge >= 0.3 is 0 Å². The SMILES string of the molecule is CNC(=O)CCNS(=O)(=O)c1cc(N)cc(C)c1C. The van der Waals surface area contributed by atoms with Crippen LogP contribution >= 0.6 is 0 Å². The Labute approximate surface area is 113 Å². The maximum Gasteiger partial charge on any atom is 0.240 e. The van der Waals surface area contributed by atoms with Crippen LogP contribution < -0.4 is 15.8 Å². The summed E-state index contributed by atoms with van der Waals surface area (Å²) in [6, 6.07) is 3.14. The molecule has 0 heterocycles. The summed E-state index contributed by atoms with van der Waals surface area (Å²) in [5, 5.41) is 2.43. The van der Waals surface area contributed by atoms with Crippen LogP contribution in [0.1, 0.15) is 17.5 Å². The molecule has 106 valence electrons. The molecule has 0 radical (unpaired) electrons. The number of nitrogen functional groups attached to an aromatic ring is 1. The van der Waals surface area contributed by atoms with Crippen molar-refractivity contribution in [2.45, 2.75) is 25.2 Å². The fourth-order valence-electron chi connectivity index (χ4n) is 1.63. The molecule has 0 aliphatic rings. The lowest BCUT2D eigenvalue weighted by Gasteiger charge is -2.12. The number of carbonyl (C=O) groups is 1. The van der Waals surface area contributed by atoms with Crippen LogP contribution in [0.2, 0.25) is 0 Å². The zero-order chi connectivity index (χ0) is 14.6. The lowest BCUT2D eigenvalue weighted by molar-refractivity contribution is -0.120. The van der Waals surface area contributed by atoms with Gasteiger partial charge in [0.15, 0.2) is 0 Å². The van der Waals surface area contributed by atoms with Gasteiger partial charge in [0.1, 0.15) is 0 Å². The van der Waals surface area contributed by atoms with Crippen LogP contribution in [0.25, 0.3) is 0 Å². The van der Waals surface area contributed by atoms with Gasteiger partial charge < -0.3 is 11.1 Å². The maximum absolute atomic E-state index is 12.1. The Kier molecular flexibility index (Phi) is 4.90. The first-order valence-electron chi connectivity index (χ1n) is 5.85. The van der Waals surface area contributed by atoms with E-state index >= 15 is 0 Å². The van der Waals surface area contributed by atoms with Crippen molar-refractivity contribution in [3.05, 3.63) is 23.3 Å². The molecule has 0 fully saturated rings. The van der Waals surface area contributed by atoms with E-state index < -0.39 is 10.0 Å². The van der Waals surface area contributed by atoms with Crippen molar-refractivity contribution in [3.63, 3.8) is 0 Å². The van der Waals surface area contributed by atoms with Gasteiger partial charge in [0.25, 0.3) is 0 Å². The highest BCUT2D eigenvalue weighted by atomic mass is 32.2. The molecule has 0 atom stereocenters. The number of hydrogen-bond donors (Lipinski definition) is 3. The molecule has 0 bridgehead atoms. The first kappa shape index (κ1) is 15.5. The van der Waals surface area contributed by atoms with Crippen LogP contribution in [-0.4, -0.2) is 27.9 Å². The topological polar surface area (TPSA) is 101 Å². The fourth-order valence-corrected chi connectivity index (χ4v) is 3.02. The van der Waals surface area contributed by atoms with Crippen LogP contribution in [-0.2, 0) is 14.8 Å². The van der Waals surface area contributed by atoms with Gasteiger partial charge in [-0.2, -0.15) is 0 Å². The van der Waals surface area contributed by atoms with Crippen molar-refractivity contribution < 1.29 is 13.2 Å². The second kappa shape index (κ2) is 6.03. The number of hydrogen-bond acceptors (Lipinski definition) is 4.